The van der Waals surface area contributed by atoms with Crippen LogP contribution < -0.4 is 5.32 Å². The molecule has 1 rings (SSSR count). The molecule has 3 N–H and O–H groups in total. The Labute approximate surface area is 124 Å². The summed E-state index contributed by atoms with van der Waals surface area (Å²) in [4.78, 5) is 22.8. The van der Waals surface area contributed by atoms with Gasteiger partial charge in [-0.25, -0.2) is 4.79 Å². The summed E-state index contributed by atoms with van der Waals surface area (Å²) in [5.74, 6) is -2.66. The molecule has 0 saturated carbocycles. The normalized spacial score (nSPS) is 14.5. The van der Waals surface area contributed by atoms with E-state index in [0.29, 0.717) is 0 Å². The quantitative estimate of drug-likeness (QED) is 0.774. The molecule has 0 spiro atoms. The number of carboxylic acid groups (broad SMARTS) is 1. The van der Waals surface area contributed by atoms with Crippen molar-refractivity contribution in [3.8, 4) is 0 Å². The molecule has 0 saturated heterocycles. The van der Waals surface area contributed by atoms with Crippen LogP contribution in [0.4, 0.5) is 13.2 Å². The monoisotopic (exact) mass is 319 g/mol. The Morgan fingerprint density at radius 3 is 2.00 bits per heavy atom. The zero-order valence-corrected chi connectivity index (χ0v) is 11.9. The van der Waals surface area contributed by atoms with Gasteiger partial charge in [0.25, 0.3) is 5.91 Å². The molecule has 0 fully saturated rings. The number of aliphatic hydroxyl groups excluding tert-OH is 1. The second-order valence-corrected chi connectivity index (χ2v) is 5.09. The van der Waals surface area contributed by atoms with Crippen molar-refractivity contribution in [2.75, 3.05) is 0 Å². The van der Waals surface area contributed by atoms with E-state index in [1.165, 1.54) is 0 Å². The molecule has 0 aliphatic heterocycles. The molecule has 122 valence electrons. The van der Waals surface area contributed by atoms with Crippen molar-refractivity contribution in [1.29, 1.82) is 0 Å². The molecule has 1 aromatic rings. The number of amides is 1. The van der Waals surface area contributed by atoms with E-state index in [4.69, 9.17) is 5.11 Å². The molecule has 0 aliphatic carbocycles. The van der Waals surface area contributed by atoms with Gasteiger partial charge in [0, 0.05) is 0 Å². The van der Waals surface area contributed by atoms with Gasteiger partial charge in [0.15, 0.2) is 6.10 Å². The Hall–Kier alpha value is -2.09. The minimum Gasteiger partial charge on any atom is -0.480 e. The molecular formula is C14H16F3NO4. The fourth-order valence-corrected chi connectivity index (χ4v) is 1.75. The number of aliphatic hydroxyl groups is 1. The van der Waals surface area contributed by atoms with Crippen molar-refractivity contribution in [2.45, 2.75) is 32.2 Å². The van der Waals surface area contributed by atoms with E-state index in [1.807, 2.05) is 0 Å². The number of rotatable bonds is 5. The van der Waals surface area contributed by atoms with Gasteiger partial charge in [-0.3, -0.25) is 4.79 Å². The van der Waals surface area contributed by atoms with E-state index in [-0.39, 0.29) is 5.56 Å². The molecule has 0 unspecified atom stereocenters. The minimum absolute atomic E-state index is 0.0570. The number of nitrogens with one attached hydrogen (secondary N) is 1. The molecule has 0 bridgehead atoms. The third-order valence-electron chi connectivity index (χ3n) is 3.03. The van der Waals surface area contributed by atoms with Crippen molar-refractivity contribution in [3.05, 3.63) is 35.4 Å². The first kappa shape index (κ1) is 18.0. The number of carbonyl (C=O) groups is 2. The van der Waals surface area contributed by atoms with Gasteiger partial charge < -0.3 is 15.5 Å². The summed E-state index contributed by atoms with van der Waals surface area (Å²) in [7, 11) is 0. The lowest BCUT2D eigenvalue weighted by Gasteiger charge is -2.20. The Bertz CT molecular complexity index is 540. The number of carbonyl (C=O) groups excluding carboxylic acids is 1. The van der Waals surface area contributed by atoms with Gasteiger partial charge in [-0.2, -0.15) is 13.2 Å². The van der Waals surface area contributed by atoms with Crippen LogP contribution in [0.5, 0.6) is 0 Å². The van der Waals surface area contributed by atoms with E-state index >= 15 is 0 Å². The van der Waals surface area contributed by atoms with Gasteiger partial charge >= 0.3 is 12.1 Å². The molecule has 1 amide bonds. The lowest BCUT2D eigenvalue weighted by Crippen LogP contribution is -2.46. The predicted molar refractivity (Wildman–Crippen MR) is 70.8 cm³/mol. The predicted octanol–water partition coefficient (Wildman–Crippen LogP) is 1.96. The first-order valence-electron chi connectivity index (χ1n) is 6.42. The molecule has 0 aliphatic rings. The van der Waals surface area contributed by atoms with Crippen LogP contribution >= 0.6 is 0 Å². The summed E-state index contributed by atoms with van der Waals surface area (Å²) < 4.78 is 37.3. The number of halogens is 3. The first-order valence-corrected chi connectivity index (χ1v) is 6.42. The van der Waals surface area contributed by atoms with Crippen LogP contribution in [0.3, 0.4) is 0 Å². The van der Waals surface area contributed by atoms with Crippen LogP contribution in [-0.2, 0) is 15.8 Å². The maximum atomic E-state index is 12.4. The topological polar surface area (TPSA) is 86.6 Å². The highest BCUT2D eigenvalue weighted by Crippen LogP contribution is 2.29. The van der Waals surface area contributed by atoms with E-state index in [2.05, 4.69) is 5.32 Å². The second-order valence-electron chi connectivity index (χ2n) is 5.09. The molecule has 0 radical (unpaired) electrons. The van der Waals surface area contributed by atoms with E-state index in [1.54, 1.807) is 13.8 Å². The fourth-order valence-electron chi connectivity index (χ4n) is 1.75. The van der Waals surface area contributed by atoms with Gasteiger partial charge in [0.2, 0.25) is 0 Å². The van der Waals surface area contributed by atoms with Gasteiger partial charge in [-0.05, 0) is 23.6 Å². The molecule has 2 atom stereocenters. The largest absolute Gasteiger partial charge is 0.480 e. The van der Waals surface area contributed by atoms with Crippen molar-refractivity contribution in [1.82, 2.24) is 5.32 Å². The summed E-state index contributed by atoms with van der Waals surface area (Å²) >= 11 is 0. The number of hydrogen-bond acceptors (Lipinski definition) is 3. The molecule has 1 aromatic carbocycles. The highest BCUT2D eigenvalue weighted by atomic mass is 19.4. The van der Waals surface area contributed by atoms with Crippen LogP contribution in [0, 0.1) is 5.92 Å². The first-order chi connectivity index (χ1) is 10.0. The zero-order chi connectivity index (χ0) is 17.1. The van der Waals surface area contributed by atoms with Crippen molar-refractivity contribution in [2.24, 2.45) is 5.92 Å². The second kappa shape index (κ2) is 6.78. The number of alkyl halides is 3. The Balaban J connectivity index is 2.85. The average molecular weight is 319 g/mol. The smallest absolute Gasteiger partial charge is 0.416 e. The molecular weight excluding hydrogens is 303 g/mol. The molecule has 8 heteroatoms. The summed E-state index contributed by atoms with van der Waals surface area (Å²) in [6.07, 6.45) is -6.26. The highest BCUT2D eigenvalue weighted by Gasteiger charge is 2.31. The van der Waals surface area contributed by atoms with Crippen LogP contribution in [-0.4, -0.2) is 28.1 Å². The number of carboxylic acids is 1. The van der Waals surface area contributed by atoms with Gasteiger partial charge in [0.05, 0.1) is 5.56 Å². The Morgan fingerprint density at radius 2 is 1.64 bits per heavy atom. The van der Waals surface area contributed by atoms with Gasteiger partial charge in [-0.15, -0.1) is 0 Å². The molecule has 5 nitrogen and oxygen atoms in total. The third kappa shape index (κ3) is 4.45. The summed E-state index contributed by atoms with van der Waals surface area (Å²) in [5, 5.41) is 20.9. The lowest BCUT2D eigenvalue weighted by molar-refractivity contribution is -0.144. The molecule has 0 heterocycles. The van der Waals surface area contributed by atoms with E-state index in [9.17, 15) is 27.9 Å². The number of benzene rings is 1. The fraction of sp³-hybridized carbons (Fsp3) is 0.429. The SMILES string of the molecule is CC(C)[C@H](NC(=O)[C@H](O)c1ccc(C(F)(F)F)cc1)C(=O)O. The maximum absolute atomic E-state index is 12.4. The summed E-state index contributed by atoms with van der Waals surface area (Å²) in [5.41, 5.74) is -0.965. The molecule has 0 aromatic heterocycles. The standard InChI is InChI=1S/C14H16F3NO4/c1-7(2)10(13(21)22)18-12(20)11(19)8-3-5-9(6-4-8)14(15,16)17/h3-7,10-11,19H,1-2H3,(H,18,20)(H,21,22)/t10-,11+/m0/s1. The van der Waals surface area contributed by atoms with Crippen molar-refractivity contribution in [3.63, 3.8) is 0 Å². The summed E-state index contributed by atoms with van der Waals surface area (Å²) in [6, 6.07) is 2.22. The van der Waals surface area contributed by atoms with Gasteiger partial charge in [0.1, 0.15) is 6.04 Å². The van der Waals surface area contributed by atoms with Crippen LogP contribution in [0.2, 0.25) is 0 Å². The average Bonchev–Trinajstić information content (AvgIpc) is 2.42. The van der Waals surface area contributed by atoms with Crippen molar-refractivity contribution >= 4 is 11.9 Å². The van der Waals surface area contributed by atoms with E-state index < -0.39 is 41.7 Å². The minimum atomic E-state index is -4.52. The Morgan fingerprint density at radius 1 is 1.14 bits per heavy atom. The van der Waals surface area contributed by atoms with Crippen LogP contribution in [0.1, 0.15) is 31.1 Å². The van der Waals surface area contributed by atoms with E-state index in [0.717, 1.165) is 24.3 Å². The van der Waals surface area contributed by atoms with Gasteiger partial charge in [-0.1, -0.05) is 26.0 Å². The number of aliphatic carboxylic acids is 1. The molecule has 22 heavy (non-hydrogen) atoms. The Kier molecular flexibility index (Phi) is 5.54. The van der Waals surface area contributed by atoms with Crippen molar-refractivity contribution < 1.29 is 33.0 Å². The highest BCUT2D eigenvalue weighted by molar-refractivity contribution is 5.87. The zero-order valence-electron chi connectivity index (χ0n) is 11.9. The number of hydrogen-bond donors (Lipinski definition) is 3. The van der Waals surface area contributed by atoms with Crippen LogP contribution in [0.25, 0.3) is 0 Å². The maximum Gasteiger partial charge on any atom is 0.416 e. The third-order valence-corrected chi connectivity index (χ3v) is 3.03. The van der Waals surface area contributed by atoms with Crippen LogP contribution in [0.15, 0.2) is 24.3 Å². The lowest BCUT2D eigenvalue weighted by atomic mass is 10.0. The summed E-state index contributed by atoms with van der Waals surface area (Å²) in [6.45, 7) is 3.15.